The minimum Gasteiger partial charge on any atom is -0.393 e. The van der Waals surface area contributed by atoms with E-state index < -0.39 is 0 Å². The number of hydrogen-bond acceptors (Lipinski definition) is 1. The third kappa shape index (κ3) is 2.01. The summed E-state index contributed by atoms with van der Waals surface area (Å²) in [6, 6.07) is 0. The molecular weight excluding hydrogens is 148 g/mol. The fraction of sp³-hybridized carbons (Fsp3) is 1.00. The molecule has 1 atom stereocenters. The van der Waals surface area contributed by atoms with Crippen molar-refractivity contribution in [3.63, 3.8) is 0 Å². The molecule has 1 heteroatoms. The van der Waals surface area contributed by atoms with Crippen LogP contribution in [0.1, 0.15) is 53.4 Å². The molecule has 1 N–H and O–H groups in total. The van der Waals surface area contributed by atoms with E-state index in [-0.39, 0.29) is 11.5 Å². The number of hydrogen-bond donors (Lipinski definition) is 1. The van der Waals surface area contributed by atoms with E-state index in [0.29, 0.717) is 5.41 Å². The minimum atomic E-state index is -0.145. The predicted octanol–water partition coefficient (Wildman–Crippen LogP) is 2.97. The van der Waals surface area contributed by atoms with Crippen molar-refractivity contribution in [3.8, 4) is 0 Å². The molecule has 0 heterocycles. The van der Waals surface area contributed by atoms with Crippen LogP contribution in [0.2, 0.25) is 0 Å². The Balaban J connectivity index is 2.55. The SMILES string of the molecule is CC(O)C1(C)CCC(C)(C)CC1. The topological polar surface area (TPSA) is 20.2 Å². The van der Waals surface area contributed by atoms with Crippen molar-refractivity contribution in [2.75, 3.05) is 0 Å². The Morgan fingerprint density at radius 3 is 1.75 bits per heavy atom. The Morgan fingerprint density at radius 2 is 1.42 bits per heavy atom. The lowest BCUT2D eigenvalue weighted by Gasteiger charge is -2.43. The maximum atomic E-state index is 9.61. The Bertz CT molecular complexity index is 148. The highest BCUT2D eigenvalue weighted by molar-refractivity contribution is 4.88. The molecule has 0 aromatic heterocycles. The molecule has 1 nitrogen and oxygen atoms in total. The summed E-state index contributed by atoms with van der Waals surface area (Å²) in [5, 5.41) is 9.61. The molecule has 1 saturated carbocycles. The fourth-order valence-electron chi connectivity index (χ4n) is 1.92. The molecule has 0 spiro atoms. The van der Waals surface area contributed by atoms with E-state index in [2.05, 4.69) is 20.8 Å². The maximum Gasteiger partial charge on any atom is 0.0565 e. The van der Waals surface area contributed by atoms with Crippen molar-refractivity contribution in [1.82, 2.24) is 0 Å². The lowest BCUT2D eigenvalue weighted by Crippen LogP contribution is -2.36. The van der Waals surface area contributed by atoms with E-state index in [9.17, 15) is 5.11 Å². The van der Waals surface area contributed by atoms with Crippen molar-refractivity contribution in [3.05, 3.63) is 0 Å². The van der Waals surface area contributed by atoms with Crippen LogP contribution in [0, 0.1) is 10.8 Å². The summed E-state index contributed by atoms with van der Waals surface area (Å²) < 4.78 is 0. The van der Waals surface area contributed by atoms with Crippen LogP contribution in [-0.4, -0.2) is 11.2 Å². The average molecular weight is 170 g/mol. The zero-order valence-corrected chi connectivity index (χ0v) is 8.85. The molecule has 0 aliphatic heterocycles. The molecule has 1 aliphatic carbocycles. The van der Waals surface area contributed by atoms with Crippen LogP contribution in [0.4, 0.5) is 0 Å². The van der Waals surface area contributed by atoms with Crippen LogP contribution in [0.15, 0.2) is 0 Å². The second-order valence-corrected chi connectivity index (χ2v) is 5.49. The van der Waals surface area contributed by atoms with Crippen LogP contribution in [0.3, 0.4) is 0 Å². The Kier molecular flexibility index (Phi) is 2.53. The van der Waals surface area contributed by atoms with E-state index in [1.165, 1.54) is 25.7 Å². The molecule has 0 bridgehead atoms. The zero-order chi connectivity index (χ0) is 9.41. The molecule has 12 heavy (non-hydrogen) atoms. The summed E-state index contributed by atoms with van der Waals surface area (Å²) in [5.74, 6) is 0. The van der Waals surface area contributed by atoms with E-state index in [1.54, 1.807) is 0 Å². The van der Waals surface area contributed by atoms with Gasteiger partial charge in [-0.15, -0.1) is 0 Å². The van der Waals surface area contributed by atoms with Gasteiger partial charge in [0.1, 0.15) is 0 Å². The van der Waals surface area contributed by atoms with E-state index >= 15 is 0 Å². The van der Waals surface area contributed by atoms with E-state index in [0.717, 1.165) is 0 Å². The van der Waals surface area contributed by atoms with E-state index in [4.69, 9.17) is 0 Å². The van der Waals surface area contributed by atoms with Crippen molar-refractivity contribution >= 4 is 0 Å². The monoisotopic (exact) mass is 170 g/mol. The molecule has 0 aromatic carbocycles. The third-order valence-corrected chi connectivity index (χ3v) is 3.75. The zero-order valence-electron chi connectivity index (χ0n) is 8.85. The standard InChI is InChI=1S/C11H22O/c1-9(12)11(4)7-5-10(2,3)6-8-11/h9,12H,5-8H2,1-4H3. The van der Waals surface area contributed by atoms with Crippen LogP contribution in [-0.2, 0) is 0 Å². The van der Waals surface area contributed by atoms with Gasteiger partial charge in [0, 0.05) is 0 Å². The first-order chi connectivity index (χ1) is 5.36. The lowest BCUT2D eigenvalue weighted by atomic mass is 9.64. The fourth-order valence-corrected chi connectivity index (χ4v) is 1.92. The largest absolute Gasteiger partial charge is 0.393 e. The first-order valence-electron chi connectivity index (χ1n) is 5.04. The maximum absolute atomic E-state index is 9.61. The van der Waals surface area contributed by atoms with Crippen molar-refractivity contribution in [2.45, 2.75) is 59.5 Å². The van der Waals surface area contributed by atoms with Crippen molar-refractivity contribution in [1.29, 1.82) is 0 Å². The highest BCUT2D eigenvalue weighted by atomic mass is 16.3. The normalized spacial score (nSPS) is 29.8. The highest BCUT2D eigenvalue weighted by Gasteiger charge is 2.37. The molecule has 72 valence electrons. The van der Waals surface area contributed by atoms with Crippen LogP contribution in [0.5, 0.6) is 0 Å². The predicted molar refractivity (Wildman–Crippen MR) is 52.0 cm³/mol. The Labute approximate surface area is 76.2 Å². The van der Waals surface area contributed by atoms with Gasteiger partial charge in [-0.25, -0.2) is 0 Å². The first kappa shape index (κ1) is 10.0. The van der Waals surface area contributed by atoms with Gasteiger partial charge in [-0.3, -0.25) is 0 Å². The quantitative estimate of drug-likeness (QED) is 0.641. The molecule has 1 rings (SSSR count). The van der Waals surface area contributed by atoms with Crippen LogP contribution in [0.25, 0.3) is 0 Å². The Hall–Kier alpha value is -0.0400. The molecule has 0 saturated heterocycles. The second-order valence-electron chi connectivity index (χ2n) is 5.49. The lowest BCUT2D eigenvalue weighted by molar-refractivity contribution is -0.00371. The summed E-state index contributed by atoms with van der Waals surface area (Å²) >= 11 is 0. The summed E-state index contributed by atoms with van der Waals surface area (Å²) in [6.45, 7) is 8.80. The molecule has 0 amide bonds. The number of aliphatic hydroxyl groups excluding tert-OH is 1. The molecular formula is C11H22O. The van der Waals surface area contributed by atoms with E-state index in [1.807, 2.05) is 6.92 Å². The highest BCUT2D eigenvalue weighted by Crippen LogP contribution is 2.46. The van der Waals surface area contributed by atoms with Crippen molar-refractivity contribution in [2.24, 2.45) is 10.8 Å². The summed E-state index contributed by atoms with van der Waals surface area (Å²) in [5.41, 5.74) is 0.698. The molecule has 1 unspecified atom stereocenters. The molecule has 1 aliphatic rings. The van der Waals surface area contributed by atoms with Gasteiger partial charge in [0.25, 0.3) is 0 Å². The molecule has 0 aromatic rings. The van der Waals surface area contributed by atoms with Gasteiger partial charge in [-0.05, 0) is 43.4 Å². The van der Waals surface area contributed by atoms with Crippen LogP contribution < -0.4 is 0 Å². The van der Waals surface area contributed by atoms with Crippen molar-refractivity contribution < 1.29 is 5.11 Å². The van der Waals surface area contributed by atoms with Gasteiger partial charge in [-0.2, -0.15) is 0 Å². The number of rotatable bonds is 1. The Morgan fingerprint density at radius 1 is 1.00 bits per heavy atom. The smallest absolute Gasteiger partial charge is 0.0565 e. The molecule has 0 radical (unpaired) electrons. The third-order valence-electron chi connectivity index (χ3n) is 3.75. The van der Waals surface area contributed by atoms with Gasteiger partial charge in [-0.1, -0.05) is 20.8 Å². The summed E-state index contributed by atoms with van der Waals surface area (Å²) in [7, 11) is 0. The first-order valence-corrected chi connectivity index (χ1v) is 5.04. The summed E-state index contributed by atoms with van der Waals surface area (Å²) in [4.78, 5) is 0. The second kappa shape index (κ2) is 3.02. The van der Waals surface area contributed by atoms with Gasteiger partial charge in [0.05, 0.1) is 6.10 Å². The molecule has 1 fully saturated rings. The van der Waals surface area contributed by atoms with Gasteiger partial charge in [0.2, 0.25) is 0 Å². The minimum absolute atomic E-state index is 0.145. The van der Waals surface area contributed by atoms with Gasteiger partial charge < -0.3 is 5.11 Å². The average Bonchev–Trinajstić information content (AvgIpc) is 1.96. The van der Waals surface area contributed by atoms with Gasteiger partial charge >= 0.3 is 0 Å². The summed E-state index contributed by atoms with van der Waals surface area (Å²) in [6.07, 6.45) is 4.73. The van der Waals surface area contributed by atoms with Gasteiger partial charge in [0.15, 0.2) is 0 Å². The van der Waals surface area contributed by atoms with Crippen LogP contribution >= 0.6 is 0 Å². The number of aliphatic hydroxyl groups is 1.